The number of benzene rings is 2. The Hall–Kier alpha value is -3.79. The molecule has 1 aromatic heterocycles. The van der Waals surface area contributed by atoms with Crippen LogP contribution >= 0.6 is 0 Å². The van der Waals surface area contributed by atoms with E-state index < -0.39 is 12.1 Å². The molecule has 0 spiro atoms. The third-order valence-corrected chi connectivity index (χ3v) is 6.35. The van der Waals surface area contributed by atoms with Crippen molar-refractivity contribution in [2.45, 2.75) is 57.7 Å². The molecule has 1 aliphatic heterocycles. The summed E-state index contributed by atoms with van der Waals surface area (Å²) in [5.74, 6) is 0.199. The van der Waals surface area contributed by atoms with Crippen LogP contribution in [0, 0.1) is 0 Å². The summed E-state index contributed by atoms with van der Waals surface area (Å²) in [6.45, 7) is 4.06. The second kappa shape index (κ2) is 12.8. The first-order chi connectivity index (χ1) is 17.6. The van der Waals surface area contributed by atoms with Crippen molar-refractivity contribution in [3.05, 3.63) is 60.2 Å². The van der Waals surface area contributed by atoms with Crippen LogP contribution in [0.5, 0.6) is 0 Å². The standard InChI is InChI=1S/C26H33N7O3/c1-2-9-22(33-16-7-4-8-17-33)23(28-26(35)36-18-19-10-5-3-6-11-19)25(34)27-21-14-12-20(13-15-21)24-29-31-32-30-24/h3,5-6,10-15,22-23H,2,4,7-9,16-18H2,1H3,(H,27,34)(H,28,35)(H,29,30,31,32)/t22-,23+/m1/s1. The Morgan fingerprint density at radius 3 is 2.47 bits per heavy atom. The third-order valence-electron chi connectivity index (χ3n) is 6.35. The minimum Gasteiger partial charge on any atom is -0.445 e. The van der Waals surface area contributed by atoms with Crippen molar-refractivity contribution in [3.63, 3.8) is 0 Å². The second-order valence-electron chi connectivity index (χ2n) is 8.94. The first-order valence-corrected chi connectivity index (χ1v) is 12.5. The zero-order chi connectivity index (χ0) is 25.2. The maximum atomic E-state index is 13.5. The van der Waals surface area contributed by atoms with Gasteiger partial charge in [0.1, 0.15) is 12.6 Å². The average molecular weight is 492 g/mol. The molecule has 3 aromatic rings. The van der Waals surface area contributed by atoms with E-state index in [4.69, 9.17) is 4.74 Å². The van der Waals surface area contributed by atoms with Crippen LogP contribution in [0.15, 0.2) is 54.6 Å². The van der Waals surface area contributed by atoms with Gasteiger partial charge < -0.3 is 15.4 Å². The van der Waals surface area contributed by atoms with Gasteiger partial charge in [-0.3, -0.25) is 9.69 Å². The van der Waals surface area contributed by atoms with Gasteiger partial charge in [-0.05, 0) is 67.4 Å². The van der Waals surface area contributed by atoms with Gasteiger partial charge in [0.2, 0.25) is 11.7 Å². The Morgan fingerprint density at radius 1 is 1.06 bits per heavy atom. The third kappa shape index (κ3) is 6.88. The zero-order valence-electron chi connectivity index (χ0n) is 20.5. The van der Waals surface area contributed by atoms with Crippen molar-refractivity contribution in [2.75, 3.05) is 18.4 Å². The predicted molar refractivity (Wildman–Crippen MR) is 136 cm³/mol. The van der Waals surface area contributed by atoms with Gasteiger partial charge in [-0.25, -0.2) is 4.79 Å². The zero-order valence-corrected chi connectivity index (χ0v) is 20.5. The van der Waals surface area contributed by atoms with Crippen molar-refractivity contribution >= 4 is 17.7 Å². The molecule has 2 atom stereocenters. The smallest absolute Gasteiger partial charge is 0.408 e. The minimum absolute atomic E-state index is 0.127. The molecule has 2 amide bonds. The minimum atomic E-state index is -0.761. The maximum absolute atomic E-state index is 13.5. The molecule has 4 rings (SSSR count). The molecule has 1 aliphatic rings. The Labute approximate surface area is 210 Å². The van der Waals surface area contributed by atoms with Crippen molar-refractivity contribution in [1.82, 2.24) is 30.8 Å². The largest absolute Gasteiger partial charge is 0.445 e. The lowest BCUT2D eigenvalue weighted by molar-refractivity contribution is -0.120. The van der Waals surface area contributed by atoms with Crippen LogP contribution in [0.1, 0.15) is 44.6 Å². The van der Waals surface area contributed by atoms with E-state index in [1.54, 1.807) is 12.1 Å². The number of hydrogen-bond donors (Lipinski definition) is 3. The number of H-pyrrole nitrogens is 1. The number of piperidine rings is 1. The highest BCUT2D eigenvalue weighted by molar-refractivity contribution is 5.97. The van der Waals surface area contributed by atoms with Crippen molar-refractivity contribution < 1.29 is 14.3 Å². The number of rotatable bonds is 10. The molecule has 10 heteroatoms. The number of hydrogen-bond acceptors (Lipinski definition) is 7. The quantitative estimate of drug-likeness (QED) is 0.394. The van der Waals surface area contributed by atoms with Crippen molar-refractivity contribution in [3.8, 4) is 11.4 Å². The molecule has 2 aromatic carbocycles. The number of nitrogens with one attached hydrogen (secondary N) is 3. The fraction of sp³-hybridized carbons (Fsp3) is 0.423. The van der Waals surface area contributed by atoms with E-state index >= 15 is 0 Å². The number of carbonyl (C=O) groups excluding carboxylic acids is 2. The number of carbonyl (C=O) groups is 2. The summed E-state index contributed by atoms with van der Waals surface area (Å²) in [5.41, 5.74) is 2.28. The van der Waals surface area contributed by atoms with Gasteiger partial charge in [-0.1, -0.05) is 50.1 Å². The summed E-state index contributed by atoms with van der Waals surface area (Å²) < 4.78 is 5.46. The number of tetrazole rings is 1. The molecule has 0 unspecified atom stereocenters. The highest BCUT2D eigenvalue weighted by Gasteiger charge is 2.34. The van der Waals surface area contributed by atoms with Crippen molar-refractivity contribution in [1.29, 1.82) is 0 Å². The maximum Gasteiger partial charge on any atom is 0.408 e. The summed E-state index contributed by atoms with van der Waals surface area (Å²) in [7, 11) is 0. The molecule has 1 saturated heterocycles. The van der Waals surface area contributed by atoms with Gasteiger partial charge in [0.15, 0.2) is 0 Å². The van der Waals surface area contributed by atoms with Crippen LogP contribution in [-0.2, 0) is 16.1 Å². The number of likely N-dealkylation sites (tertiary alicyclic amines) is 1. The number of alkyl carbamates (subject to hydrolysis) is 1. The lowest BCUT2D eigenvalue weighted by atomic mass is 9.97. The van der Waals surface area contributed by atoms with Crippen LogP contribution < -0.4 is 10.6 Å². The number of nitrogens with zero attached hydrogens (tertiary/aromatic N) is 4. The molecule has 190 valence electrons. The summed E-state index contributed by atoms with van der Waals surface area (Å²) >= 11 is 0. The van der Waals surface area contributed by atoms with Crippen LogP contribution in [0.2, 0.25) is 0 Å². The summed E-state index contributed by atoms with van der Waals surface area (Å²) in [6, 6.07) is 15.8. The monoisotopic (exact) mass is 491 g/mol. The van der Waals surface area contributed by atoms with Gasteiger partial charge >= 0.3 is 6.09 Å². The average Bonchev–Trinajstić information content (AvgIpc) is 3.46. The van der Waals surface area contributed by atoms with E-state index in [2.05, 4.69) is 43.1 Å². The lowest BCUT2D eigenvalue weighted by Crippen LogP contribution is -2.58. The molecule has 36 heavy (non-hydrogen) atoms. The topological polar surface area (TPSA) is 125 Å². The molecule has 0 radical (unpaired) electrons. The molecule has 1 fully saturated rings. The first-order valence-electron chi connectivity index (χ1n) is 12.5. The number of ether oxygens (including phenoxy) is 1. The van der Waals surface area contributed by atoms with Gasteiger partial charge in [0.25, 0.3) is 0 Å². The Kier molecular flexibility index (Phi) is 8.98. The van der Waals surface area contributed by atoms with Gasteiger partial charge in [0.05, 0.1) is 0 Å². The SMILES string of the molecule is CCC[C@H]([C@H](NC(=O)OCc1ccccc1)C(=O)Nc1ccc(-c2nn[nH]n2)cc1)N1CCCCC1. The molecular formula is C26H33N7O3. The summed E-state index contributed by atoms with van der Waals surface area (Å²) in [4.78, 5) is 28.7. The van der Waals surface area contributed by atoms with Gasteiger partial charge in [-0.2, -0.15) is 5.21 Å². The molecule has 2 heterocycles. The fourth-order valence-corrected chi connectivity index (χ4v) is 4.54. The normalized spacial score (nSPS) is 15.6. The van der Waals surface area contributed by atoms with E-state index in [0.717, 1.165) is 49.9 Å². The van der Waals surface area contributed by atoms with E-state index in [9.17, 15) is 9.59 Å². The van der Waals surface area contributed by atoms with Crippen LogP contribution in [-0.4, -0.2) is 62.7 Å². The van der Waals surface area contributed by atoms with E-state index in [-0.39, 0.29) is 18.6 Å². The number of aromatic nitrogens is 4. The fourth-order valence-electron chi connectivity index (χ4n) is 4.54. The molecule has 10 nitrogen and oxygen atoms in total. The van der Waals surface area contributed by atoms with Gasteiger partial charge in [0, 0.05) is 17.3 Å². The highest BCUT2D eigenvalue weighted by atomic mass is 16.5. The second-order valence-corrected chi connectivity index (χ2v) is 8.94. The predicted octanol–water partition coefficient (Wildman–Crippen LogP) is 3.75. The number of aromatic amines is 1. The summed E-state index contributed by atoms with van der Waals surface area (Å²) in [5, 5.41) is 19.8. The molecule has 0 bridgehead atoms. The highest BCUT2D eigenvalue weighted by Crippen LogP contribution is 2.21. The van der Waals surface area contributed by atoms with E-state index in [1.165, 1.54) is 6.42 Å². The summed E-state index contributed by atoms with van der Waals surface area (Å²) in [6.07, 6.45) is 4.43. The Bertz CT molecular complexity index is 1080. The molecule has 0 aliphatic carbocycles. The molecule has 0 saturated carbocycles. The Balaban J connectivity index is 1.48. The molecule has 3 N–H and O–H groups in total. The lowest BCUT2D eigenvalue weighted by Gasteiger charge is -2.38. The van der Waals surface area contributed by atoms with Gasteiger partial charge in [-0.15, -0.1) is 10.2 Å². The first kappa shape index (κ1) is 25.3. The van der Waals surface area contributed by atoms with Crippen LogP contribution in [0.25, 0.3) is 11.4 Å². The Morgan fingerprint density at radius 2 is 1.81 bits per heavy atom. The number of amides is 2. The van der Waals surface area contributed by atoms with Crippen LogP contribution in [0.4, 0.5) is 10.5 Å². The molecular weight excluding hydrogens is 458 g/mol. The van der Waals surface area contributed by atoms with E-state index in [0.29, 0.717) is 11.5 Å². The van der Waals surface area contributed by atoms with Crippen LogP contribution in [0.3, 0.4) is 0 Å². The number of anilines is 1. The van der Waals surface area contributed by atoms with E-state index in [1.807, 2.05) is 42.5 Å². The van der Waals surface area contributed by atoms with Crippen molar-refractivity contribution in [2.24, 2.45) is 0 Å².